The van der Waals surface area contributed by atoms with E-state index >= 15 is 0 Å². The van der Waals surface area contributed by atoms with Crippen molar-refractivity contribution in [3.8, 4) is 11.5 Å². The van der Waals surface area contributed by atoms with Gasteiger partial charge in [0.15, 0.2) is 9.84 Å². The summed E-state index contributed by atoms with van der Waals surface area (Å²) in [6.07, 6.45) is 2.41. The zero-order valence-electron chi connectivity index (χ0n) is 14.6. The Morgan fingerprint density at radius 2 is 1.89 bits per heavy atom. The fourth-order valence-electron chi connectivity index (χ4n) is 2.76. The van der Waals surface area contributed by atoms with Crippen LogP contribution in [0.1, 0.15) is 23.6 Å². The number of halogens is 2. The number of hydrogen-bond donors (Lipinski definition) is 0. The lowest BCUT2D eigenvalue weighted by Crippen LogP contribution is -1.97. The van der Waals surface area contributed by atoms with E-state index in [0.717, 1.165) is 17.5 Å². The number of rotatable bonds is 5. The number of imidazole rings is 1. The van der Waals surface area contributed by atoms with Crippen molar-refractivity contribution < 1.29 is 21.6 Å². The lowest BCUT2D eigenvalue weighted by molar-refractivity contribution is 0.116. The Morgan fingerprint density at radius 1 is 1.14 bits per heavy atom. The molecule has 0 spiro atoms. The fourth-order valence-corrected chi connectivity index (χ4v) is 3.39. The summed E-state index contributed by atoms with van der Waals surface area (Å²) in [5.41, 5.74) is 2.76. The summed E-state index contributed by atoms with van der Waals surface area (Å²) in [7, 11) is -3.23. The Morgan fingerprint density at radius 3 is 2.54 bits per heavy atom. The molecule has 0 saturated heterocycles. The predicted molar refractivity (Wildman–Crippen MR) is 95.8 cm³/mol. The van der Waals surface area contributed by atoms with E-state index in [1.165, 1.54) is 0 Å². The first kappa shape index (κ1) is 18.2. The van der Waals surface area contributed by atoms with Crippen LogP contribution in [0.25, 0.3) is 17.1 Å². The van der Waals surface area contributed by atoms with Gasteiger partial charge in [-0.1, -0.05) is 12.1 Å². The van der Waals surface area contributed by atoms with E-state index in [9.17, 15) is 17.2 Å². The molecule has 0 aliphatic carbocycles. The molecule has 144 valence electrons. The van der Waals surface area contributed by atoms with Crippen LogP contribution in [0.5, 0.6) is 0 Å². The number of benzene rings is 1. The summed E-state index contributed by atoms with van der Waals surface area (Å²) in [6, 6.07) is 9.96. The molecule has 0 atom stereocenters. The van der Waals surface area contributed by atoms with Crippen LogP contribution in [-0.4, -0.2) is 34.3 Å². The van der Waals surface area contributed by atoms with E-state index in [0.29, 0.717) is 17.6 Å². The van der Waals surface area contributed by atoms with Gasteiger partial charge in [-0.25, -0.2) is 13.4 Å². The smallest absolute Gasteiger partial charge is 0.314 e. The van der Waals surface area contributed by atoms with Gasteiger partial charge in [0.25, 0.3) is 5.89 Å². The molecule has 0 radical (unpaired) electrons. The highest BCUT2D eigenvalue weighted by atomic mass is 32.2. The van der Waals surface area contributed by atoms with Crippen molar-refractivity contribution in [1.82, 2.24) is 19.6 Å². The van der Waals surface area contributed by atoms with Crippen LogP contribution >= 0.6 is 0 Å². The highest BCUT2D eigenvalue weighted by molar-refractivity contribution is 7.90. The number of nitrogens with zero attached hydrogens (tertiary/aromatic N) is 4. The molecular weight excluding hydrogens is 390 g/mol. The molecule has 7 nitrogen and oxygen atoms in total. The third-order valence-corrected chi connectivity index (χ3v) is 5.25. The van der Waals surface area contributed by atoms with Crippen LogP contribution in [0, 0.1) is 0 Å². The highest BCUT2D eigenvalue weighted by Gasteiger charge is 2.17. The molecule has 0 fully saturated rings. The summed E-state index contributed by atoms with van der Waals surface area (Å²) < 4.78 is 55.0. The first-order chi connectivity index (χ1) is 13.3. The van der Waals surface area contributed by atoms with Gasteiger partial charge in [-0.05, 0) is 29.8 Å². The number of alkyl halides is 2. The molecule has 3 aromatic heterocycles. The van der Waals surface area contributed by atoms with Gasteiger partial charge in [0.2, 0.25) is 5.89 Å². The van der Waals surface area contributed by atoms with Gasteiger partial charge in [0, 0.05) is 30.6 Å². The zero-order valence-corrected chi connectivity index (χ0v) is 15.4. The van der Waals surface area contributed by atoms with Crippen molar-refractivity contribution in [1.29, 1.82) is 0 Å². The van der Waals surface area contributed by atoms with E-state index in [1.807, 2.05) is 6.20 Å². The van der Waals surface area contributed by atoms with Crippen molar-refractivity contribution in [2.24, 2.45) is 0 Å². The molecule has 0 saturated carbocycles. The average Bonchev–Trinajstić information content (AvgIpc) is 3.27. The van der Waals surface area contributed by atoms with Gasteiger partial charge in [-0.2, -0.15) is 8.78 Å². The minimum Gasteiger partial charge on any atom is -0.415 e. The summed E-state index contributed by atoms with van der Waals surface area (Å²) >= 11 is 0. The second kappa shape index (κ2) is 6.79. The van der Waals surface area contributed by atoms with Crippen LogP contribution in [0.4, 0.5) is 8.78 Å². The Bertz CT molecular complexity index is 1250. The quantitative estimate of drug-likeness (QED) is 0.507. The molecule has 0 N–H and O–H groups in total. The lowest BCUT2D eigenvalue weighted by Gasteiger charge is -2.01. The van der Waals surface area contributed by atoms with Gasteiger partial charge in [-0.3, -0.25) is 0 Å². The van der Waals surface area contributed by atoms with Crippen LogP contribution in [0.2, 0.25) is 0 Å². The van der Waals surface area contributed by atoms with Crippen molar-refractivity contribution in [3.05, 3.63) is 65.9 Å². The molecule has 28 heavy (non-hydrogen) atoms. The Balaban J connectivity index is 1.59. The summed E-state index contributed by atoms with van der Waals surface area (Å²) in [5.74, 6) is -0.727. The van der Waals surface area contributed by atoms with E-state index in [4.69, 9.17) is 4.42 Å². The molecule has 4 rings (SSSR count). The van der Waals surface area contributed by atoms with Crippen LogP contribution in [0.3, 0.4) is 0 Å². The molecule has 0 aliphatic rings. The highest BCUT2D eigenvalue weighted by Crippen LogP contribution is 2.24. The normalized spacial score (nSPS) is 12.1. The Kier molecular flexibility index (Phi) is 4.42. The molecule has 0 amide bonds. The first-order valence-electron chi connectivity index (χ1n) is 8.18. The molecule has 0 unspecified atom stereocenters. The van der Waals surface area contributed by atoms with Crippen LogP contribution < -0.4 is 0 Å². The van der Waals surface area contributed by atoms with E-state index < -0.39 is 22.2 Å². The summed E-state index contributed by atoms with van der Waals surface area (Å²) in [4.78, 5) is 4.78. The van der Waals surface area contributed by atoms with Crippen molar-refractivity contribution in [2.75, 3.05) is 6.26 Å². The molecule has 0 aliphatic heterocycles. The van der Waals surface area contributed by atoms with E-state index in [-0.39, 0.29) is 10.8 Å². The largest absolute Gasteiger partial charge is 0.415 e. The van der Waals surface area contributed by atoms with Crippen molar-refractivity contribution in [2.45, 2.75) is 17.7 Å². The molecule has 1 aromatic carbocycles. The number of aromatic nitrogens is 4. The maximum atomic E-state index is 12.6. The fraction of sp³-hybridized carbons (Fsp3) is 0.167. The molecule has 4 aromatic rings. The standard InChI is InChI=1S/C18H14F2N4O3S/c1-28(25,26)14-4-2-11(3-5-14)8-13-10-24-7-6-12(9-15(24)21-13)17-22-23-18(27-17)16(19)20/h2-7,9-10,16H,8H2,1H3. The van der Waals surface area contributed by atoms with Crippen LogP contribution in [-0.2, 0) is 16.3 Å². The number of fused-ring (bicyclic) bond motifs is 1. The van der Waals surface area contributed by atoms with Gasteiger partial charge in [0.05, 0.1) is 10.6 Å². The maximum Gasteiger partial charge on any atom is 0.314 e. The lowest BCUT2D eigenvalue weighted by atomic mass is 10.1. The van der Waals surface area contributed by atoms with Gasteiger partial charge in [0.1, 0.15) is 5.65 Å². The predicted octanol–water partition coefficient (Wildman–Crippen LogP) is 3.32. The molecule has 0 bridgehead atoms. The molecular formula is C18H14F2N4O3S. The maximum absolute atomic E-state index is 12.6. The third kappa shape index (κ3) is 3.63. The first-order valence-corrected chi connectivity index (χ1v) is 10.1. The summed E-state index contributed by atoms with van der Waals surface area (Å²) in [6.45, 7) is 0. The average molecular weight is 404 g/mol. The van der Waals surface area contributed by atoms with Crippen molar-refractivity contribution in [3.63, 3.8) is 0 Å². The third-order valence-electron chi connectivity index (χ3n) is 4.12. The van der Waals surface area contributed by atoms with Crippen molar-refractivity contribution >= 4 is 15.5 Å². The summed E-state index contributed by atoms with van der Waals surface area (Å²) in [5, 5.41) is 6.96. The SMILES string of the molecule is CS(=O)(=O)c1ccc(Cc2cn3ccc(-c4nnc(C(F)F)o4)cc3n2)cc1. The van der Waals surface area contributed by atoms with Crippen LogP contribution in [0.15, 0.2) is 58.1 Å². The Hall–Kier alpha value is -3.14. The topological polar surface area (TPSA) is 90.4 Å². The number of pyridine rings is 1. The zero-order chi connectivity index (χ0) is 19.9. The molecule has 10 heteroatoms. The van der Waals surface area contributed by atoms with Gasteiger partial charge < -0.3 is 8.82 Å². The monoisotopic (exact) mass is 404 g/mol. The van der Waals surface area contributed by atoms with Gasteiger partial charge in [-0.15, -0.1) is 10.2 Å². The number of sulfone groups is 1. The minimum absolute atomic E-state index is 0.00119. The number of hydrogen-bond acceptors (Lipinski definition) is 6. The van der Waals surface area contributed by atoms with E-state index in [1.54, 1.807) is 47.0 Å². The molecule has 3 heterocycles. The Labute approximate surface area is 158 Å². The second-order valence-corrected chi connectivity index (χ2v) is 8.27. The van der Waals surface area contributed by atoms with Gasteiger partial charge >= 0.3 is 6.43 Å². The second-order valence-electron chi connectivity index (χ2n) is 6.25. The van der Waals surface area contributed by atoms with E-state index in [2.05, 4.69) is 15.2 Å². The minimum atomic E-state index is -3.23.